The molecule has 0 radical (unpaired) electrons. The number of methoxy groups -OCH3 is 1. The van der Waals surface area contributed by atoms with E-state index in [0.717, 1.165) is 37.7 Å². The van der Waals surface area contributed by atoms with E-state index in [4.69, 9.17) is 9.47 Å². The number of ether oxygens (including phenoxy) is 2. The van der Waals surface area contributed by atoms with Gasteiger partial charge in [0.1, 0.15) is 18.7 Å². The van der Waals surface area contributed by atoms with Crippen LogP contribution in [-0.2, 0) is 25.7 Å². The predicted octanol–water partition coefficient (Wildman–Crippen LogP) is 2.46. The number of rotatable bonds is 14. The van der Waals surface area contributed by atoms with Crippen molar-refractivity contribution < 1.29 is 29.0 Å². The van der Waals surface area contributed by atoms with E-state index in [0.29, 0.717) is 6.42 Å². The molecule has 3 N–H and O–H groups in total. The van der Waals surface area contributed by atoms with Crippen molar-refractivity contribution in [3.63, 3.8) is 0 Å². The minimum atomic E-state index is -1.24. The van der Waals surface area contributed by atoms with Gasteiger partial charge in [-0.2, -0.15) is 0 Å². The molecule has 2 atom stereocenters. The van der Waals surface area contributed by atoms with Crippen LogP contribution >= 0.6 is 0 Å². The van der Waals surface area contributed by atoms with Crippen molar-refractivity contribution in [2.45, 2.75) is 57.2 Å². The summed E-state index contributed by atoms with van der Waals surface area (Å²) >= 11 is 0. The standard InChI is InChI=1S/C22H32N2O6/c1-3-4-5-6-7-11-14-18(21(27)29-2)23-20(26)19(15-25)24-22(28)30-16-17-12-9-8-10-13-17/h3,8-10,12-13,18-19,25H,1,4-7,11,14-16H2,2H3,(H,23,26)(H,24,28)/t18-,19-/m0/s1. The second-order valence-electron chi connectivity index (χ2n) is 6.81. The fraction of sp³-hybridized carbons (Fsp3) is 0.500. The van der Waals surface area contributed by atoms with Crippen LogP contribution in [0.4, 0.5) is 4.79 Å². The summed E-state index contributed by atoms with van der Waals surface area (Å²) in [6.45, 7) is 3.07. The molecular weight excluding hydrogens is 388 g/mol. The van der Waals surface area contributed by atoms with Crippen molar-refractivity contribution in [2.75, 3.05) is 13.7 Å². The van der Waals surface area contributed by atoms with Crippen molar-refractivity contribution in [1.29, 1.82) is 0 Å². The summed E-state index contributed by atoms with van der Waals surface area (Å²) in [4.78, 5) is 36.4. The average Bonchev–Trinajstić information content (AvgIpc) is 2.77. The van der Waals surface area contributed by atoms with Gasteiger partial charge in [0.2, 0.25) is 5.91 Å². The molecule has 1 aromatic rings. The van der Waals surface area contributed by atoms with Crippen molar-refractivity contribution in [3.8, 4) is 0 Å². The van der Waals surface area contributed by atoms with Gasteiger partial charge in [-0.3, -0.25) is 4.79 Å². The van der Waals surface area contributed by atoms with Gasteiger partial charge in [-0.1, -0.05) is 55.7 Å². The fourth-order valence-electron chi connectivity index (χ4n) is 2.76. The van der Waals surface area contributed by atoms with Crippen molar-refractivity contribution in [1.82, 2.24) is 10.6 Å². The SMILES string of the molecule is C=CCCCCCC[C@H](NC(=O)[C@H](CO)NC(=O)OCc1ccccc1)C(=O)OC. The molecule has 0 aliphatic rings. The molecular formula is C22H32N2O6. The first-order valence-corrected chi connectivity index (χ1v) is 10.1. The molecule has 0 aromatic heterocycles. The Morgan fingerprint density at radius 2 is 1.77 bits per heavy atom. The molecule has 0 bridgehead atoms. The minimum absolute atomic E-state index is 0.0308. The summed E-state index contributed by atoms with van der Waals surface area (Å²) < 4.78 is 9.81. The number of benzene rings is 1. The van der Waals surface area contributed by atoms with Gasteiger partial charge >= 0.3 is 12.1 Å². The van der Waals surface area contributed by atoms with Gasteiger partial charge in [0.05, 0.1) is 13.7 Å². The zero-order chi connectivity index (χ0) is 22.2. The minimum Gasteiger partial charge on any atom is -0.467 e. The predicted molar refractivity (Wildman–Crippen MR) is 112 cm³/mol. The highest BCUT2D eigenvalue weighted by atomic mass is 16.5. The van der Waals surface area contributed by atoms with E-state index in [9.17, 15) is 19.5 Å². The lowest BCUT2D eigenvalue weighted by molar-refractivity contribution is -0.145. The number of aliphatic hydroxyl groups excluding tert-OH is 1. The first-order valence-electron chi connectivity index (χ1n) is 10.1. The second-order valence-corrected chi connectivity index (χ2v) is 6.81. The molecule has 0 heterocycles. The second kappa shape index (κ2) is 15.0. The number of aliphatic hydroxyl groups is 1. The van der Waals surface area contributed by atoms with E-state index in [1.54, 1.807) is 12.1 Å². The molecule has 166 valence electrons. The number of hydrogen-bond donors (Lipinski definition) is 3. The molecule has 0 aliphatic heterocycles. The summed E-state index contributed by atoms with van der Waals surface area (Å²) in [5.41, 5.74) is 0.788. The van der Waals surface area contributed by atoms with Crippen LogP contribution in [0.3, 0.4) is 0 Å². The van der Waals surface area contributed by atoms with E-state index in [1.807, 2.05) is 24.3 Å². The summed E-state index contributed by atoms with van der Waals surface area (Å²) in [6.07, 6.45) is 6.04. The van der Waals surface area contributed by atoms with Crippen LogP contribution in [0.5, 0.6) is 0 Å². The van der Waals surface area contributed by atoms with Gasteiger partial charge in [0.25, 0.3) is 0 Å². The number of hydrogen-bond acceptors (Lipinski definition) is 6. The van der Waals surface area contributed by atoms with Crippen LogP contribution in [0.15, 0.2) is 43.0 Å². The number of unbranched alkanes of at least 4 members (excludes halogenated alkanes) is 4. The number of esters is 1. The first-order chi connectivity index (χ1) is 14.5. The van der Waals surface area contributed by atoms with E-state index in [1.165, 1.54) is 7.11 Å². The van der Waals surface area contributed by atoms with E-state index >= 15 is 0 Å². The lowest BCUT2D eigenvalue weighted by Crippen LogP contribution is -2.53. The monoisotopic (exact) mass is 420 g/mol. The molecule has 0 unspecified atom stereocenters. The number of alkyl carbamates (subject to hydrolysis) is 1. The highest BCUT2D eigenvalue weighted by Crippen LogP contribution is 2.09. The Morgan fingerprint density at radius 3 is 2.40 bits per heavy atom. The highest BCUT2D eigenvalue weighted by molar-refractivity contribution is 5.89. The number of nitrogens with one attached hydrogen (secondary N) is 2. The molecule has 1 rings (SSSR count). The van der Waals surface area contributed by atoms with Gasteiger partial charge in [0, 0.05) is 0 Å². The Morgan fingerprint density at radius 1 is 1.07 bits per heavy atom. The number of carbonyl (C=O) groups excluding carboxylic acids is 3. The number of allylic oxidation sites excluding steroid dienone is 1. The quantitative estimate of drug-likeness (QED) is 0.242. The summed E-state index contributed by atoms with van der Waals surface area (Å²) in [7, 11) is 1.24. The molecule has 1 aromatic carbocycles. The van der Waals surface area contributed by atoms with Crippen LogP contribution in [0.1, 0.15) is 44.1 Å². The maximum Gasteiger partial charge on any atom is 0.408 e. The summed E-state index contributed by atoms with van der Waals surface area (Å²) in [5, 5.41) is 14.3. The average molecular weight is 421 g/mol. The smallest absolute Gasteiger partial charge is 0.408 e. The molecule has 30 heavy (non-hydrogen) atoms. The van der Waals surface area contributed by atoms with E-state index < -0.39 is 36.7 Å². The van der Waals surface area contributed by atoms with E-state index in [2.05, 4.69) is 17.2 Å². The molecule has 0 saturated carbocycles. The maximum absolute atomic E-state index is 12.4. The normalized spacial score (nSPS) is 12.3. The summed E-state index contributed by atoms with van der Waals surface area (Å²) in [6, 6.07) is 6.96. The third kappa shape index (κ3) is 10.1. The Balaban J connectivity index is 2.49. The number of amides is 2. The highest BCUT2D eigenvalue weighted by Gasteiger charge is 2.27. The zero-order valence-electron chi connectivity index (χ0n) is 17.5. The first kappa shape index (κ1) is 25.2. The zero-order valence-corrected chi connectivity index (χ0v) is 17.5. The largest absolute Gasteiger partial charge is 0.467 e. The Bertz CT molecular complexity index is 665. The molecule has 0 aliphatic carbocycles. The fourth-order valence-corrected chi connectivity index (χ4v) is 2.76. The van der Waals surface area contributed by atoms with Gasteiger partial charge in [0.15, 0.2) is 0 Å². The van der Waals surface area contributed by atoms with Gasteiger partial charge in [-0.25, -0.2) is 9.59 Å². The molecule has 2 amide bonds. The van der Waals surface area contributed by atoms with Crippen LogP contribution in [0.2, 0.25) is 0 Å². The molecule has 8 nitrogen and oxygen atoms in total. The maximum atomic E-state index is 12.4. The lowest BCUT2D eigenvalue weighted by Gasteiger charge is -2.21. The van der Waals surface area contributed by atoms with Crippen LogP contribution in [0.25, 0.3) is 0 Å². The Labute approximate surface area is 177 Å². The molecule has 8 heteroatoms. The van der Waals surface area contributed by atoms with Crippen LogP contribution < -0.4 is 10.6 Å². The summed E-state index contributed by atoms with van der Waals surface area (Å²) in [5.74, 6) is -1.26. The van der Waals surface area contributed by atoms with Gasteiger partial charge < -0.3 is 25.2 Å². The Kier molecular flexibility index (Phi) is 12.6. The topological polar surface area (TPSA) is 114 Å². The van der Waals surface area contributed by atoms with Gasteiger partial charge in [-0.15, -0.1) is 6.58 Å². The Hall–Kier alpha value is -2.87. The number of carbonyl (C=O) groups is 3. The van der Waals surface area contributed by atoms with Crippen molar-refractivity contribution >= 4 is 18.0 Å². The van der Waals surface area contributed by atoms with Crippen molar-refractivity contribution in [3.05, 3.63) is 48.6 Å². The van der Waals surface area contributed by atoms with E-state index in [-0.39, 0.29) is 6.61 Å². The lowest BCUT2D eigenvalue weighted by atomic mass is 10.1. The van der Waals surface area contributed by atoms with Crippen LogP contribution in [-0.4, -0.2) is 48.9 Å². The third-order valence-corrected chi connectivity index (χ3v) is 4.46. The molecule has 0 saturated heterocycles. The third-order valence-electron chi connectivity index (χ3n) is 4.46. The molecule has 0 spiro atoms. The molecule has 0 fully saturated rings. The van der Waals surface area contributed by atoms with Crippen molar-refractivity contribution in [2.24, 2.45) is 0 Å². The van der Waals surface area contributed by atoms with Crippen LogP contribution in [0, 0.1) is 0 Å². The van der Waals surface area contributed by atoms with Gasteiger partial charge in [-0.05, 0) is 24.8 Å².